The predicted octanol–water partition coefficient (Wildman–Crippen LogP) is 4.66. The van der Waals surface area contributed by atoms with E-state index >= 15 is 0 Å². The van der Waals surface area contributed by atoms with Crippen molar-refractivity contribution in [3.8, 4) is 11.5 Å². The zero-order valence-electron chi connectivity index (χ0n) is 22.8. The van der Waals surface area contributed by atoms with E-state index < -0.39 is 12.0 Å². The van der Waals surface area contributed by atoms with E-state index in [2.05, 4.69) is 5.32 Å². The number of hydrogen-bond acceptors (Lipinski definition) is 9. The summed E-state index contributed by atoms with van der Waals surface area (Å²) in [7, 11) is 3.15. The van der Waals surface area contributed by atoms with Gasteiger partial charge in [0, 0.05) is 24.4 Å². The first-order chi connectivity index (χ1) is 19.5. The summed E-state index contributed by atoms with van der Waals surface area (Å²) in [6.07, 6.45) is 2.13. The molecule has 9 nitrogen and oxygen atoms in total. The predicted molar refractivity (Wildman–Crippen MR) is 154 cm³/mol. The van der Waals surface area contributed by atoms with Crippen molar-refractivity contribution >= 4 is 34.5 Å². The van der Waals surface area contributed by atoms with Gasteiger partial charge in [0.1, 0.15) is 0 Å². The van der Waals surface area contributed by atoms with Gasteiger partial charge < -0.3 is 29.2 Å². The van der Waals surface area contributed by atoms with Crippen molar-refractivity contribution in [2.24, 2.45) is 4.99 Å². The van der Waals surface area contributed by atoms with E-state index in [9.17, 15) is 9.59 Å². The molecule has 0 radical (unpaired) electrons. The summed E-state index contributed by atoms with van der Waals surface area (Å²) in [5, 5.41) is 5.60. The quantitative estimate of drug-likeness (QED) is 0.417. The number of carbonyl (C=O) groups excluding carboxylic acids is 2. The van der Waals surface area contributed by atoms with Crippen molar-refractivity contribution < 1.29 is 28.5 Å². The number of rotatable bonds is 10. The number of esters is 1. The standard InChI is InChI=1S/C30H33N3O6S/c1-4-38-29(35)26-27(19-9-6-5-7-10-19)32-30-33(28(26)20-12-13-23(36-2)24(15-20)37-3)21(18-40-30)16-25(34)31-17-22-11-8-14-39-22/h5-7,9-10,12-13,15,18,22,28H,4,8,11,14,16-17H2,1-3H3,(H,31,34)/t22-,28+/m0/s1. The molecule has 0 bridgehead atoms. The Morgan fingerprint density at radius 1 is 1.12 bits per heavy atom. The van der Waals surface area contributed by atoms with Crippen LogP contribution in [0.2, 0.25) is 0 Å². The summed E-state index contributed by atoms with van der Waals surface area (Å²) in [6.45, 7) is 3.20. The highest BCUT2D eigenvalue weighted by atomic mass is 32.2. The number of benzene rings is 2. The molecule has 0 aromatic heterocycles. The number of nitrogens with zero attached hydrogens (tertiary/aromatic N) is 2. The summed E-state index contributed by atoms with van der Waals surface area (Å²) in [6, 6.07) is 14.5. The Kier molecular flexibility index (Phi) is 8.76. The number of ether oxygens (including phenoxy) is 4. The van der Waals surface area contributed by atoms with Crippen LogP contribution in [0.5, 0.6) is 11.5 Å². The minimum Gasteiger partial charge on any atom is -0.493 e. The lowest BCUT2D eigenvalue weighted by Crippen LogP contribution is -2.39. The first kappa shape index (κ1) is 27.8. The van der Waals surface area contributed by atoms with Crippen molar-refractivity contribution in [1.82, 2.24) is 10.2 Å². The minimum atomic E-state index is -0.617. The number of amidine groups is 1. The second kappa shape index (κ2) is 12.6. The lowest BCUT2D eigenvalue weighted by atomic mass is 9.91. The number of aliphatic imine (C=N–C) groups is 1. The van der Waals surface area contributed by atoms with Gasteiger partial charge in [-0.3, -0.25) is 4.79 Å². The van der Waals surface area contributed by atoms with Crippen molar-refractivity contribution in [1.29, 1.82) is 0 Å². The topological polar surface area (TPSA) is 98.7 Å². The molecule has 3 aliphatic rings. The fourth-order valence-electron chi connectivity index (χ4n) is 5.09. The van der Waals surface area contributed by atoms with Crippen LogP contribution in [0.25, 0.3) is 5.70 Å². The minimum absolute atomic E-state index is 0.0503. The highest BCUT2D eigenvalue weighted by Gasteiger charge is 2.42. The lowest BCUT2D eigenvalue weighted by Gasteiger charge is -2.37. The largest absolute Gasteiger partial charge is 0.493 e. The number of fused-ring (bicyclic) bond motifs is 1. The molecule has 40 heavy (non-hydrogen) atoms. The maximum absolute atomic E-state index is 13.7. The molecule has 3 heterocycles. The van der Waals surface area contributed by atoms with Crippen LogP contribution in [0.4, 0.5) is 0 Å². The van der Waals surface area contributed by atoms with E-state index in [4.69, 9.17) is 23.9 Å². The summed E-state index contributed by atoms with van der Waals surface area (Å²) in [5.41, 5.74) is 3.23. The molecule has 1 fully saturated rings. The number of methoxy groups -OCH3 is 2. The van der Waals surface area contributed by atoms with Gasteiger partial charge in [-0.2, -0.15) is 0 Å². The number of amides is 1. The maximum atomic E-state index is 13.7. The van der Waals surface area contributed by atoms with Gasteiger partial charge in [0.15, 0.2) is 16.7 Å². The molecule has 2 atom stereocenters. The van der Waals surface area contributed by atoms with E-state index in [0.717, 1.165) is 36.3 Å². The van der Waals surface area contributed by atoms with Gasteiger partial charge in [0.25, 0.3) is 0 Å². The molecule has 0 aliphatic carbocycles. The van der Waals surface area contributed by atoms with Crippen molar-refractivity contribution in [3.05, 3.63) is 76.3 Å². The van der Waals surface area contributed by atoms with Crippen LogP contribution in [-0.2, 0) is 19.1 Å². The zero-order valence-corrected chi connectivity index (χ0v) is 23.7. The van der Waals surface area contributed by atoms with Crippen LogP contribution >= 0.6 is 11.8 Å². The smallest absolute Gasteiger partial charge is 0.338 e. The third-order valence-corrected chi connectivity index (χ3v) is 7.86. The molecule has 0 spiro atoms. The normalized spacial score (nSPS) is 20.0. The Balaban J connectivity index is 1.57. The van der Waals surface area contributed by atoms with Gasteiger partial charge in [0.05, 0.1) is 50.7 Å². The Hall–Kier alpha value is -3.76. The molecule has 5 rings (SSSR count). The van der Waals surface area contributed by atoms with Crippen LogP contribution < -0.4 is 14.8 Å². The molecular formula is C30H33N3O6S. The first-order valence-corrected chi connectivity index (χ1v) is 14.2. The molecule has 0 saturated carbocycles. The lowest BCUT2D eigenvalue weighted by molar-refractivity contribution is -0.139. The SMILES string of the molecule is CCOC(=O)C1=C(c2ccccc2)N=C2SC=C(CC(=O)NC[C@@H]3CCCO3)N2[C@@H]1c1ccc(OC)c(OC)c1. The summed E-state index contributed by atoms with van der Waals surface area (Å²) in [5.74, 6) is 0.509. The average molecular weight is 564 g/mol. The van der Waals surface area contributed by atoms with E-state index in [1.807, 2.05) is 58.8 Å². The number of thioether (sulfide) groups is 1. The molecule has 3 aliphatic heterocycles. The Bertz CT molecular complexity index is 1350. The second-order valence-corrected chi connectivity index (χ2v) is 10.3. The van der Waals surface area contributed by atoms with Gasteiger partial charge in [-0.1, -0.05) is 48.2 Å². The van der Waals surface area contributed by atoms with Crippen molar-refractivity contribution in [3.63, 3.8) is 0 Å². The summed E-state index contributed by atoms with van der Waals surface area (Å²) in [4.78, 5) is 33.6. The molecule has 1 N–H and O–H groups in total. The fourth-order valence-corrected chi connectivity index (χ4v) is 6.01. The van der Waals surface area contributed by atoms with Gasteiger partial charge in [0.2, 0.25) is 5.91 Å². The van der Waals surface area contributed by atoms with E-state index in [0.29, 0.717) is 34.5 Å². The molecular weight excluding hydrogens is 530 g/mol. The summed E-state index contributed by atoms with van der Waals surface area (Å²) < 4.78 is 22.3. The Labute approximate surface area is 238 Å². The average Bonchev–Trinajstić information content (AvgIpc) is 3.65. The van der Waals surface area contributed by atoms with Gasteiger partial charge in [-0.15, -0.1) is 0 Å². The van der Waals surface area contributed by atoms with Gasteiger partial charge >= 0.3 is 5.97 Å². The fraction of sp³-hybridized carbons (Fsp3) is 0.367. The van der Waals surface area contributed by atoms with Gasteiger partial charge in [-0.05, 0) is 42.9 Å². The monoisotopic (exact) mass is 563 g/mol. The van der Waals surface area contributed by atoms with Crippen LogP contribution in [0.15, 0.2) is 70.2 Å². The molecule has 10 heteroatoms. The Morgan fingerprint density at radius 2 is 1.93 bits per heavy atom. The maximum Gasteiger partial charge on any atom is 0.338 e. The summed E-state index contributed by atoms with van der Waals surface area (Å²) >= 11 is 1.43. The molecule has 2 aromatic carbocycles. The van der Waals surface area contributed by atoms with E-state index in [1.54, 1.807) is 21.1 Å². The van der Waals surface area contributed by atoms with Gasteiger partial charge in [-0.25, -0.2) is 9.79 Å². The number of hydrogen-bond donors (Lipinski definition) is 1. The molecule has 2 aromatic rings. The first-order valence-electron chi connectivity index (χ1n) is 13.3. The number of carbonyl (C=O) groups is 2. The molecule has 0 unspecified atom stereocenters. The van der Waals surface area contributed by atoms with Crippen molar-refractivity contribution in [2.75, 3.05) is 34.0 Å². The van der Waals surface area contributed by atoms with Crippen molar-refractivity contribution in [2.45, 2.75) is 38.3 Å². The molecule has 210 valence electrons. The molecule has 1 saturated heterocycles. The molecule has 1 amide bonds. The van der Waals surface area contributed by atoms with E-state index in [-0.39, 0.29) is 25.0 Å². The third-order valence-electron chi connectivity index (χ3n) is 6.97. The van der Waals surface area contributed by atoms with Crippen LogP contribution in [-0.4, -0.2) is 62.0 Å². The zero-order chi connectivity index (χ0) is 28.1. The highest BCUT2D eigenvalue weighted by molar-refractivity contribution is 8.16. The van der Waals surface area contributed by atoms with Crippen LogP contribution in [0.3, 0.4) is 0 Å². The third kappa shape index (κ3) is 5.73. The van der Waals surface area contributed by atoms with Crippen LogP contribution in [0.1, 0.15) is 43.4 Å². The van der Waals surface area contributed by atoms with Crippen LogP contribution in [0, 0.1) is 0 Å². The van der Waals surface area contributed by atoms with E-state index in [1.165, 1.54) is 11.8 Å². The number of nitrogens with one attached hydrogen (secondary N) is 1. The highest BCUT2D eigenvalue weighted by Crippen LogP contribution is 2.48. The second-order valence-electron chi connectivity index (χ2n) is 9.47. The Morgan fingerprint density at radius 3 is 2.62 bits per heavy atom.